The summed E-state index contributed by atoms with van der Waals surface area (Å²) in [5.41, 5.74) is 11.6. The number of nitrogens with two attached hydrogens (primary N) is 2. The molecule has 7 heteroatoms. The molecular weight excluding hydrogens is 341 g/mol. The van der Waals surface area contributed by atoms with E-state index in [-0.39, 0.29) is 36.6 Å². The molecule has 27 heavy (non-hydrogen) atoms. The Labute approximate surface area is 164 Å². The number of carbonyl (C=O) groups excluding carboxylic acids is 1. The van der Waals surface area contributed by atoms with Crippen LogP contribution in [0.3, 0.4) is 0 Å². The molecule has 7 unspecified atom stereocenters. The monoisotopic (exact) mass is 379 g/mol. The zero-order chi connectivity index (χ0) is 20.0. The van der Waals surface area contributed by atoms with Gasteiger partial charge in [0.25, 0.3) is 0 Å². The van der Waals surface area contributed by atoms with Crippen LogP contribution < -0.4 is 16.8 Å². The van der Waals surface area contributed by atoms with Gasteiger partial charge >= 0.3 is 7.12 Å². The molecule has 4 rings (SSSR count). The molecule has 1 heterocycles. The minimum Gasteiger partial charge on any atom is -0.405 e. The summed E-state index contributed by atoms with van der Waals surface area (Å²) in [4.78, 5) is 12.4. The quantitative estimate of drug-likeness (QED) is 0.443. The molecule has 2 bridgehead atoms. The van der Waals surface area contributed by atoms with Crippen LogP contribution in [0.4, 0.5) is 0 Å². The van der Waals surface area contributed by atoms with Crippen LogP contribution in [0.5, 0.6) is 0 Å². The Bertz CT molecular complexity index is 561. The fraction of sp³-hybridized carbons (Fsp3) is 0.950. The van der Waals surface area contributed by atoms with E-state index in [1.807, 2.05) is 6.92 Å². The summed E-state index contributed by atoms with van der Waals surface area (Å²) in [5.74, 6) is 1.25. The highest BCUT2D eigenvalue weighted by atomic mass is 16.7. The molecule has 4 fully saturated rings. The molecule has 154 valence electrons. The van der Waals surface area contributed by atoms with Gasteiger partial charge in [-0.15, -0.1) is 0 Å². The Hall–Kier alpha value is -0.625. The highest BCUT2D eigenvalue weighted by molar-refractivity contribution is 6.47. The van der Waals surface area contributed by atoms with E-state index in [1.165, 1.54) is 6.42 Å². The van der Waals surface area contributed by atoms with E-state index in [0.717, 1.165) is 25.2 Å². The van der Waals surface area contributed by atoms with Crippen molar-refractivity contribution in [1.29, 1.82) is 0 Å². The molecule has 1 aliphatic heterocycles. The first-order chi connectivity index (χ1) is 12.6. The van der Waals surface area contributed by atoms with Gasteiger partial charge in [-0.25, -0.2) is 0 Å². The third-order valence-corrected chi connectivity index (χ3v) is 7.86. The average Bonchev–Trinajstić information content (AvgIpc) is 2.97. The summed E-state index contributed by atoms with van der Waals surface area (Å²) < 4.78 is 12.9. The molecule has 0 aromatic carbocycles. The van der Waals surface area contributed by atoms with Gasteiger partial charge in [-0.2, -0.15) is 0 Å². The zero-order valence-corrected chi connectivity index (χ0v) is 17.7. The molecule has 1 amide bonds. The standard InChI is InChI=1S/C20H38BN3O3/c1-12(13(2)24-18(25)15(23)8-6-7-9-22)21-26-17-11-14-10-16(19(14,3)4)20(17,5)27-21/h12-17H,6-11,22-23H2,1-5H3,(H,24,25). The van der Waals surface area contributed by atoms with Crippen LogP contribution in [0.25, 0.3) is 0 Å². The second kappa shape index (κ2) is 7.66. The fourth-order valence-electron chi connectivity index (χ4n) is 5.46. The molecule has 1 saturated heterocycles. The van der Waals surface area contributed by atoms with Gasteiger partial charge in [-0.05, 0) is 63.3 Å². The Balaban J connectivity index is 1.54. The maximum atomic E-state index is 12.4. The Morgan fingerprint density at radius 1 is 1.26 bits per heavy atom. The minimum atomic E-state index is -0.482. The summed E-state index contributed by atoms with van der Waals surface area (Å²) in [7, 11) is -0.279. The molecule has 0 radical (unpaired) electrons. The molecule has 6 nitrogen and oxygen atoms in total. The van der Waals surface area contributed by atoms with Gasteiger partial charge in [0, 0.05) is 11.9 Å². The smallest absolute Gasteiger partial charge is 0.405 e. The van der Waals surface area contributed by atoms with Gasteiger partial charge in [-0.1, -0.05) is 27.2 Å². The van der Waals surface area contributed by atoms with Crippen LogP contribution in [-0.4, -0.2) is 43.4 Å². The largest absolute Gasteiger partial charge is 0.462 e. The van der Waals surface area contributed by atoms with Crippen molar-refractivity contribution in [3.8, 4) is 0 Å². The Kier molecular flexibility index (Phi) is 5.98. The Morgan fingerprint density at radius 3 is 2.59 bits per heavy atom. The van der Waals surface area contributed by atoms with Gasteiger partial charge in [0.2, 0.25) is 5.91 Å². The lowest BCUT2D eigenvalue weighted by atomic mass is 9.43. The van der Waals surface area contributed by atoms with Gasteiger partial charge in [0.05, 0.1) is 17.7 Å². The number of amides is 1. The van der Waals surface area contributed by atoms with Crippen LogP contribution in [-0.2, 0) is 14.1 Å². The number of rotatable bonds is 8. The number of hydrogen-bond donors (Lipinski definition) is 3. The normalized spacial score (nSPS) is 37.1. The zero-order valence-electron chi connectivity index (χ0n) is 17.7. The molecular formula is C20H38BN3O3. The average molecular weight is 379 g/mol. The molecule has 0 aromatic heterocycles. The van der Waals surface area contributed by atoms with Gasteiger partial charge in [0.1, 0.15) is 0 Å². The molecule has 4 aliphatic rings. The van der Waals surface area contributed by atoms with Gasteiger partial charge in [0.15, 0.2) is 0 Å². The summed E-state index contributed by atoms with van der Waals surface area (Å²) in [6.45, 7) is 11.7. The molecule has 3 saturated carbocycles. The molecule has 7 atom stereocenters. The first kappa shape index (κ1) is 21.1. The van der Waals surface area contributed by atoms with Crippen LogP contribution >= 0.6 is 0 Å². The van der Waals surface area contributed by atoms with Crippen molar-refractivity contribution in [2.24, 2.45) is 28.7 Å². The lowest BCUT2D eigenvalue weighted by molar-refractivity contribution is -0.199. The van der Waals surface area contributed by atoms with Crippen molar-refractivity contribution in [1.82, 2.24) is 5.32 Å². The molecule has 5 N–H and O–H groups in total. The number of carbonyl (C=O) groups is 1. The molecule has 0 aromatic rings. The van der Waals surface area contributed by atoms with Crippen molar-refractivity contribution in [3.63, 3.8) is 0 Å². The third kappa shape index (κ3) is 3.68. The van der Waals surface area contributed by atoms with Crippen molar-refractivity contribution < 1.29 is 14.1 Å². The van der Waals surface area contributed by atoms with Crippen LogP contribution in [0.1, 0.15) is 66.7 Å². The Morgan fingerprint density at radius 2 is 1.96 bits per heavy atom. The lowest BCUT2D eigenvalue weighted by Gasteiger charge is -2.64. The van der Waals surface area contributed by atoms with Gasteiger partial charge in [-0.3, -0.25) is 4.79 Å². The topological polar surface area (TPSA) is 99.6 Å². The van der Waals surface area contributed by atoms with Crippen LogP contribution in [0.15, 0.2) is 0 Å². The molecule has 0 spiro atoms. The highest BCUT2D eigenvalue weighted by Crippen LogP contribution is 2.66. The predicted octanol–water partition coefficient (Wildman–Crippen LogP) is 2.07. The lowest BCUT2D eigenvalue weighted by Crippen LogP contribution is -2.65. The first-order valence-electron chi connectivity index (χ1n) is 10.7. The second-order valence-corrected chi connectivity index (χ2v) is 9.88. The summed E-state index contributed by atoms with van der Waals surface area (Å²) in [5, 5.41) is 3.06. The van der Waals surface area contributed by atoms with E-state index in [4.69, 9.17) is 20.8 Å². The van der Waals surface area contributed by atoms with Crippen molar-refractivity contribution >= 4 is 13.0 Å². The summed E-state index contributed by atoms with van der Waals surface area (Å²) in [6, 6.07) is -0.542. The fourth-order valence-corrected chi connectivity index (χ4v) is 5.46. The summed E-state index contributed by atoms with van der Waals surface area (Å²) >= 11 is 0. The number of hydrogen-bond acceptors (Lipinski definition) is 5. The number of nitrogens with one attached hydrogen (secondary N) is 1. The van der Waals surface area contributed by atoms with Crippen LogP contribution in [0, 0.1) is 17.3 Å². The van der Waals surface area contributed by atoms with E-state index in [0.29, 0.717) is 24.3 Å². The maximum absolute atomic E-state index is 12.4. The van der Waals surface area contributed by atoms with E-state index in [9.17, 15) is 4.79 Å². The maximum Gasteiger partial charge on any atom is 0.462 e. The third-order valence-electron chi connectivity index (χ3n) is 7.86. The van der Waals surface area contributed by atoms with Crippen LogP contribution in [0.2, 0.25) is 5.82 Å². The SMILES string of the molecule is CC(NC(=O)C(N)CCCCN)C(C)B1OC2CC3CC(C3(C)C)C2(C)O1. The van der Waals surface area contributed by atoms with Crippen molar-refractivity contribution in [3.05, 3.63) is 0 Å². The summed E-state index contributed by atoms with van der Waals surface area (Å²) in [6.07, 6.45) is 4.93. The van der Waals surface area contributed by atoms with E-state index in [2.05, 4.69) is 33.0 Å². The second-order valence-electron chi connectivity index (χ2n) is 9.88. The van der Waals surface area contributed by atoms with Crippen molar-refractivity contribution in [2.45, 2.75) is 96.3 Å². The van der Waals surface area contributed by atoms with Crippen molar-refractivity contribution in [2.75, 3.05) is 6.54 Å². The van der Waals surface area contributed by atoms with Gasteiger partial charge < -0.3 is 26.1 Å². The molecule has 3 aliphatic carbocycles. The predicted molar refractivity (Wildman–Crippen MR) is 108 cm³/mol. The highest BCUT2D eigenvalue weighted by Gasteiger charge is 2.68. The minimum absolute atomic E-state index is 0.0604. The van der Waals surface area contributed by atoms with E-state index < -0.39 is 6.04 Å². The van der Waals surface area contributed by atoms with E-state index in [1.54, 1.807) is 0 Å². The van der Waals surface area contributed by atoms with E-state index >= 15 is 0 Å². The number of unbranched alkanes of at least 4 members (excludes halogenated alkanes) is 1. The first-order valence-corrected chi connectivity index (χ1v) is 10.7.